The molecule has 1 rings (SSSR count). The molecule has 0 spiro atoms. The standard InChI is InChI=1S/C13H27BrN2O/c1-3-5-7-16(8-6-14)12-13-11-15(4-2)9-10-17-13/h13H,3-12H2,1-2H3. The van der Waals surface area contributed by atoms with Crippen LogP contribution in [0.3, 0.4) is 0 Å². The second-order valence-corrected chi connectivity index (χ2v) is 5.52. The number of nitrogens with zero attached hydrogens (tertiary/aromatic N) is 2. The third-order valence-corrected chi connectivity index (χ3v) is 3.72. The van der Waals surface area contributed by atoms with Crippen molar-refractivity contribution in [3.8, 4) is 0 Å². The molecular weight excluding hydrogens is 280 g/mol. The Morgan fingerprint density at radius 1 is 1.35 bits per heavy atom. The summed E-state index contributed by atoms with van der Waals surface area (Å²) in [6, 6.07) is 0. The molecule has 4 heteroatoms. The highest BCUT2D eigenvalue weighted by molar-refractivity contribution is 9.09. The Bertz CT molecular complexity index is 190. The van der Waals surface area contributed by atoms with Gasteiger partial charge in [0.2, 0.25) is 0 Å². The Morgan fingerprint density at radius 2 is 2.18 bits per heavy atom. The molecular formula is C13H27BrN2O. The molecule has 1 aliphatic rings. The van der Waals surface area contributed by atoms with Gasteiger partial charge >= 0.3 is 0 Å². The van der Waals surface area contributed by atoms with Gasteiger partial charge < -0.3 is 4.74 Å². The molecule has 0 amide bonds. The largest absolute Gasteiger partial charge is 0.374 e. The summed E-state index contributed by atoms with van der Waals surface area (Å²) in [7, 11) is 0. The number of hydrogen-bond acceptors (Lipinski definition) is 3. The van der Waals surface area contributed by atoms with E-state index in [0.717, 1.165) is 44.7 Å². The van der Waals surface area contributed by atoms with Crippen LogP contribution >= 0.6 is 15.9 Å². The first kappa shape index (κ1) is 15.4. The summed E-state index contributed by atoms with van der Waals surface area (Å²) in [5.74, 6) is 0. The topological polar surface area (TPSA) is 15.7 Å². The molecule has 1 fully saturated rings. The van der Waals surface area contributed by atoms with Crippen LogP contribution in [-0.4, -0.2) is 67.1 Å². The number of likely N-dealkylation sites (N-methyl/N-ethyl adjacent to an activating group) is 1. The fourth-order valence-electron chi connectivity index (χ4n) is 2.26. The van der Waals surface area contributed by atoms with Crippen LogP contribution in [0.2, 0.25) is 0 Å². The van der Waals surface area contributed by atoms with Crippen LogP contribution in [0.25, 0.3) is 0 Å². The van der Waals surface area contributed by atoms with Crippen molar-refractivity contribution in [1.29, 1.82) is 0 Å². The van der Waals surface area contributed by atoms with Gasteiger partial charge in [0.05, 0.1) is 12.7 Å². The van der Waals surface area contributed by atoms with Crippen molar-refractivity contribution in [2.24, 2.45) is 0 Å². The Hall–Kier alpha value is 0.360. The van der Waals surface area contributed by atoms with E-state index in [1.54, 1.807) is 0 Å². The zero-order valence-electron chi connectivity index (χ0n) is 11.3. The summed E-state index contributed by atoms with van der Waals surface area (Å²) in [4.78, 5) is 5.02. The van der Waals surface area contributed by atoms with E-state index in [2.05, 4.69) is 39.6 Å². The van der Waals surface area contributed by atoms with E-state index in [1.165, 1.54) is 19.4 Å². The second kappa shape index (κ2) is 9.31. The molecule has 0 aliphatic carbocycles. The Kier molecular flexibility index (Phi) is 8.44. The summed E-state index contributed by atoms with van der Waals surface area (Å²) < 4.78 is 5.87. The van der Waals surface area contributed by atoms with Crippen molar-refractivity contribution in [2.75, 3.05) is 51.2 Å². The number of halogens is 1. The van der Waals surface area contributed by atoms with Gasteiger partial charge in [-0.2, -0.15) is 0 Å². The third-order valence-electron chi connectivity index (χ3n) is 3.36. The van der Waals surface area contributed by atoms with Crippen molar-refractivity contribution >= 4 is 15.9 Å². The highest BCUT2D eigenvalue weighted by Crippen LogP contribution is 2.08. The predicted octanol–water partition coefficient (Wildman–Crippen LogP) is 2.20. The van der Waals surface area contributed by atoms with Crippen molar-refractivity contribution in [1.82, 2.24) is 9.80 Å². The van der Waals surface area contributed by atoms with Crippen LogP contribution in [-0.2, 0) is 4.74 Å². The van der Waals surface area contributed by atoms with Gasteiger partial charge in [-0.25, -0.2) is 0 Å². The van der Waals surface area contributed by atoms with Gasteiger partial charge in [-0.3, -0.25) is 9.80 Å². The predicted molar refractivity (Wildman–Crippen MR) is 77.0 cm³/mol. The third kappa shape index (κ3) is 6.18. The average molecular weight is 307 g/mol. The summed E-state index contributed by atoms with van der Waals surface area (Å²) in [5.41, 5.74) is 0. The van der Waals surface area contributed by atoms with E-state index in [0.29, 0.717) is 6.10 Å². The van der Waals surface area contributed by atoms with E-state index in [1.807, 2.05) is 0 Å². The smallest absolute Gasteiger partial charge is 0.0829 e. The molecule has 1 aliphatic heterocycles. The second-order valence-electron chi connectivity index (χ2n) is 4.73. The van der Waals surface area contributed by atoms with Gasteiger partial charge in [-0.1, -0.05) is 36.2 Å². The number of morpholine rings is 1. The molecule has 1 atom stereocenters. The van der Waals surface area contributed by atoms with Gasteiger partial charge in [-0.05, 0) is 19.5 Å². The summed E-state index contributed by atoms with van der Waals surface area (Å²) >= 11 is 3.54. The minimum atomic E-state index is 0.402. The lowest BCUT2D eigenvalue weighted by molar-refractivity contribution is -0.0411. The molecule has 102 valence electrons. The summed E-state index contributed by atoms with van der Waals surface area (Å²) in [6.45, 7) is 12.1. The maximum atomic E-state index is 5.87. The monoisotopic (exact) mass is 306 g/mol. The van der Waals surface area contributed by atoms with Crippen molar-refractivity contribution in [3.05, 3.63) is 0 Å². The van der Waals surface area contributed by atoms with Gasteiger partial charge in [0.25, 0.3) is 0 Å². The fourth-order valence-corrected chi connectivity index (χ4v) is 2.76. The van der Waals surface area contributed by atoms with E-state index in [9.17, 15) is 0 Å². The molecule has 0 radical (unpaired) electrons. The first-order valence-electron chi connectivity index (χ1n) is 6.92. The zero-order valence-corrected chi connectivity index (χ0v) is 12.9. The lowest BCUT2D eigenvalue weighted by atomic mass is 10.2. The highest BCUT2D eigenvalue weighted by atomic mass is 79.9. The van der Waals surface area contributed by atoms with Crippen LogP contribution < -0.4 is 0 Å². The summed E-state index contributed by atoms with van der Waals surface area (Å²) in [6.07, 6.45) is 2.96. The molecule has 0 saturated carbocycles. The zero-order chi connectivity index (χ0) is 12.5. The number of alkyl halides is 1. The maximum Gasteiger partial charge on any atom is 0.0829 e. The number of ether oxygens (including phenoxy) is 1. The van der Waals surface area contributed by atoms with Gasteiger partial charge in [0, 0.05) is 31.5 Å². The van der Waals surface area contributed by atoms with Crippen LogP contribution in [0.5, 0.6) is 0 Å². The van der Waals surface area contributed by atoms with Crippen LogP contribution in [0.15, 0.2) is 0 Å². The normalized spacial score (nSPS) is 22.2. The lowest BCUT2D eigenvalue weighted by Crippen LogP contribution is -2.47. The Balaban J connectivity index is 2.31. The van der Waals surface area contributed by atoms with Crippen LogP contribution in [0, 0.1) is 0 Å². The van der Waals surface area contributed by atoms with Gasteiger partial charge in [0.15, 0.2) is 0 Å². The highest BCUT2D eigenvalue weighted by Gasteiger charge is 2.21. The van der Waals surface area contributed by atoms with Crippen molar-refractivity contribution in [2.45, 2.75) is 32.8 Å². The van der Waals surface area contributed by atoms with Crippen molar-refractivity contribution in [3.63, 3.8) is 0 Å². The Morgan fingerprint density at radius 3 is 2.82 bits per heavy atom. The number of rotatable bonds is 8. The summed E-state index contributed by atoms with van der Waals surface area (Å²) in [5, 5.41) is 1.06. The van der Waals surface area contributed by atoms with Crippen LogP contribution in [0.4, 0.5) is 0 Å². The minimum absolute atomic E-state index is 0.402. The first-order chi connectivity index (χ1) is 8.30. The van der Waals surface area contributed by atoms with E-state index in [-0.39, 0.29) is 0 Å². The molecule has 0 bridgehead atoms. The average Bonchev–Trinajstić information content (AvgIpc) is 2.36. The number of unbranched alkanes of at least 4 members (excludes halogenated alkanes) is 1. The fraction of sp³-hybridized carbons (Fsp3) is 1.00. The van der Waals surface area contributed by atoms with Crippen molar-refractivity contribution < 1.29 is 4.74 Å². The molecule has 0 aromatic heterocycles. The van der Waals surface area contributed by atoms with Gasteiger partial charge in [-0.15, -0.1) is 0 Å². The van der Waals surface area contributed by atoms with E-state index in [4.69, 9.17) is 4.74 Å². The van der Waals surface area contributed by atoms with E-state index < -0.39 is 0 Å². The number of hydrogen-bond donors (Lipinski definition) is 0. The molecule has 17 heavy (non-hydrogen) atoms. The molecule has 0 aromatic rings. The first-order valence-corrected chi connectivity index (χ1v) is 8.04. The SMILES string of the molecule is CCCCN(CCBr)CC1CN(CC)CCO1. The Labute approximate surface area is 115 Å². The van der Waals surface area contributed by atoms with Gasteiger partial charge in [0.1, 0.15) is 0 Å². The maximum absolute atomic E-state index is 5.87. The lowest BCUT2D eigenvalue weighted by Gasteiger charge is -2.35. The molecule has 1 heterocycles. The van der Waals surface area contributed by atoms with Crippen LogP contribution in [0.1, 0.15) is 26.7 Å². The molecule has 3 nitrogen and oxygen atoms in total. The van der Waals surface area contributed by atoms with E-state index >= 15 is 0 Å². The molecule has 0 aromatic carbocycles. The quantitative estimate of drug-likeness (QED) is 0.640. The molecule has 1 saturated heterocycles. The molecule has 0 N–H and O–H groups in total. The molecule has 1 unspecified atom stereocenters. The minimum Gasteiger partial charge on any atom is -0.374 e.